The van der Waals surface area contributed by atoms with Crippen molar-refractivity contribution < 1.29 is 9.32 Å². The Bertz CT molecular complexity index is 766. The highest BCUT2D eigenvalue weighted by atomic mass is 16.5. The topological polar surface area (TPSA) is 97.0 Å². The molecule has 1 aliphatic heterocycles. The van der Waals surface area contributed by atoms with Crippen LogP contribution in [0.2, 0.25) is 0 Å². The van der Waals surface area contributed by atoms with Crippen LogP contribution in [0.5, 0.6) is 0 Å². The molecular weight excluding hydrogens is 298 g/mol. The van der Waals surface area contributed by atoms with Gasteiger partial charge in [-0.05, 0) is 32.1 Å². The summed E-state index contributed by atoms with van der Waals surface area (Å²) >= 11 is 0. The van der Waals surface area contributed by atoms with E-state index in [1.807, 2.05) is 4.90 Å². The van der Waals surface area contributed by atoms with E-state index in [-0.39, 0.29) is 17.6 Å². The number of rotatable bonds is 2. The zero-order chi connectivity index (χ0) is 15.8. The Morgan fingerprint density at radius 1 is 1.26 bits per heavy atom. The van der Waals surface area contributed by atoms with Crippen molar-refractivity contribution in [2.75, 3.05) is 13.1 Å². The molecule has 2 aromatic heterocycles. The van der Waals surface area contributed by atoms with Crippen molar-refractivity contribution in [2.24, 2.45) is 0 Å². The first-order valence-electron chi connectivity index (χ1n) is 8.12. The second-order valence-corrected chi connectivity index (χ2v) is 6.23. The van der Waals surface area contributed by atoms with Gasteiger partial charge in [-0.1, -0.05) is 5.16 Å². The van der Waals surface area contributed by atoms with Crippen LogP contribution in [-0.4, -0.2) is 43.8 Å². The first kappa shape index (κ1) is 14.2. The molecule has 1 aliphatic carbocycles. The molecule has 1 saturated heterocycles. The zero-order valence-electron chi connectivity index (χ0n) is 12.8. The number of nitrogens with one attached hydrogen (secondary N) is 1. The Morgan fingerprint density at radius 2 is 2.04 bits per heavy atom. The lowest BCUT2D eigenvalue weighted by atomic mass is 9.95. The van der Waals surface area contributed by atoms with Gasteiger partial charge in [0, 0.05) is 31.1 Å². The van der Waals surface area contributed by atoms with Crippen molar-refractivity contribution in [1.82, 2.24) is 24.8 Å². The summed E-state index contributed by atoms with van der Waals surface area (Å²) in [4.78, 5) is 26.1. The van der Waals surface area contributed by atoms with Crippen molar-refractivity contribution in [3.8, 4) is 0 Å². The van der Waals surface area contributed by atoms with Gasteiger partial charge in [-0.25, -0.2) is 9.89 Å². The van der Waals surface area contributed by atoms with Crippen LogP contribution in [0, 0.1) is 0 Å². The molecule has 1 N–H and O–H groups in total. The third-order valence-electron chi connectivity index (χ3n) is 4.87. The lowest BCUT2D eigenvalue weighted by molar-refractivity contribution is 0.0682. The van der Waals surface area contributed by atoms with Gasteiger partial charge in [-0.2, -0.15) is 5.10 Å². The first-order valence-corrected chi connectivity index (χ1v) is 8.12. The van der Waals surface area contributed by atoms with Gasteiger partial charge in [0.2, 0.25) is 0 Å². The Hall–Kier alpha value is -2.38. The molecule has 0 saturated carbocycles. The summed E-state index contributed by atoms with van der Waals surface area (Å²) in [5.74, 6) is 0.828. The van der Waals surface area contributed by atoms with Crippen molar-refractivity contribution in [1.29, 1.82) is 0 Å². The van der Waals surface area contributed by atoms with E-state index in [2.05, 4.69) is 15.4 Å². The second kappa shape index (κ2) is 5.68. The summed E-state index contributed by atoms with van der Waals surface area (Å²) in [6.07, 6.45) is 6.94. The summed E-state index contributed by atoms with van der Waals surface area (Å²) in [6.45, 7) is 1.23. The highest BCUT2D eigenvalue weighted by Crippen LogP contribution is 2.27. The lowest BCUT2D eigenvalue weighted by Crippen LogP contribution is -2.40. The SMILES string of the molecule is O=C(c1noc2c1CCCC2)N1CCC(n2cn[nH]c2=O)CC1. The molecule has 0 atom stereocenters. The number of likely N-dealkylation sites (tertiary alicyclic amines) is 1. The molecule has 23 heavy (non-hydrogen) atoms. The number of carbonyl (C=O) groups is 1. The van der Waals surface area contributed by atoms with Gasteiger partial charge in [-0.15, -0.1) is 0 Å². The van der Waals surface area contributed by atoms with Gasteiger partial charge in [0.05, 0.1) is 0 Å². The number of amides is 1. The molecule has 1 fully saturated rings. The summed E-state index contributed by atoms with van der Waals surface area (Å²) in [5.41, 5.74) is 1.29. The standard InChI is InChI=1S/C15H19N5O3/c21-14(13-11-3-1-2-4-12(11)23-18-13)19-7-5-10(6-8-19)20-9-16-17-15(20)22/h9-10H,1-8H2,(H,17,22). The fourth-order valence-corrected chi connectivity index (χ4v) is 3.57. The smallest absolute Gasteiger partial charge is 0.343 e. The molecule has 2 aliphatic rings. The Kier molecular flexibility index (Phi) is 3.51. The number of fused-ring (bicyclic) bond motifs is 1. The van der Waals surface area contributed by atoms with Crippen LogP contribution in [-0.2, 0) is 12.8 Å². The normalized spacial score (nSPS) is 18.9. The molecule has 0 radical (unpaired) electrons. The summed E-state index contributed by atoms with van der Waals surface area (Å²) in [7, 11) is 0. The third-order valence-corrected chi connectivity index (χ3v) is 4.87. The molecule has 0 aromatic carbocycles. The summed E-state index contributed by atoms with van der Waals surface area (Å²) < 4.78 is 6.95. The van der Waals surface area contributed by atoms with Gasteiger partial charge < -0.3 is 9.42 Å². The number of carbonyl (C=O) groups excluding carboxylic acids is 1. The maximum absolute atomic E-state index is 12.7. The number of hydrogen-bond donors (Lipinski definition) is 1. The Balaban J connectivity index is 1.46. The van der Waals surface area contributed by atoms with E-state index < -0.39 is 0 Å². The fraction of sp³-hybridized carbons (Fsp3) is 0.600. The van der Waals surface area contributed by atoms with E-state index in [0.29, 0.717) is 18.8 Å². The number of H-pyrrole nitrogens is 1. The molecule has 2 aromatic rings. The average Bonchev–Trinajstić information content (AvgIpc) is 3.20. The van der Waals surface area contributed by atoms with E-state index in [1.54, 1.807) is 4.57 Å². The molecule has 122 valence electrons. The van der Waals surface area contributed by atoms with E-state index in [4.69, 9.17) is 4.52 Å². The minimum Gasteiger partial charge on any atom is -0.360 e. The van der Waals surface area contributed by atoms with Crippen LogP contribution in [0.3, 0.4) is 0 Å². The number of aromatic nitrogens is 4. The molecule has 0 unspecified atom stereocenters. The van der Waals surface area contributed by atoms with Crippen molar-refractivity contribution >= 4 is 5.91 Å². The van der Waals surface area contributed by atoms with Crippen LogP contribution in [0.25, 0.3) is 0 Å². The minimum absolute atomic E-state index is 0.0464. The van der Waals surface area contributed by atoms with Crippen molar-refractivity contribution in [3.63, 3.8) is 0 Å². The molecule has 8 heteroatoms. The number of aryl methyl sites for hydroxylation is 1. The van der Waals surface area contributed by atoms with Crippen LogP contribution in [0.15, 0.2) is 15.6 Å². The third kappa shape index (κ3) is 2.47. The number of nitrogens with zero attached hydrogens (tertiary/aromatic N) is 4. The van der Waals surface area contributed by atoms with Crippen LogP contribution in [0.4, 0.5) is 0 Å². The van der Waals surface area contributed by atoms with Gasteiger partial charge in [0.25, 0.3) is 5.91 Å². The van der Waals surface area contributed by atoms with Crippen LogP contribution >= 0.6 is 0 Å². The Morgan fingerprint density at radius 3 is 2.78 bits per heavy atom. The van der Waals surface area contributed by atoms with E-state index >= 15 is 0 Å². The molecule has 1 amide bonds. The predicted molar refractivity (Wildman–Crippen MR) is 80.2 cm³/mol. The Labute approximate surface area is 132 Å². The average molecular weight is 317 g/mol. The molecule has 3 heterocycles. The molecule has 0 spiro atoms. The van der Waals surface area contributed by atoms with Crippen molar-refractivity contribution in [3.05, 3.63) is 33.8 Å². The predicted octanol–water partition coefficient (Wildman–Crippen LogP) is 0.915. The quantitative estimate of drug-likeness (QED) is 0.888. The van der Waals surface area contributed by atoms with Gasteiger partial charge in [0.1, 0.15) is 12.1 Å². The molecule has 0 bridgehead atoms. The monoisotopic (exact) mass is 317 g/mol. The number of hydrogen-bond acceptors (Lipinski definition) is 5. The molecular formula is C15H19N5O3. The van der Waals surface area contributed by atoms with Gasteiger partial charge in [0.15, 0.2) is 5.69 Å². The fourth-order valence-electron chi connectivity index (χ4n) is 3.57. The van der Waals surface area contributed by atoms with Gasteiger partial charge in [-0.3, -0.25) is 9.36 Å². The van der Waals surface area contributed by atoms with E-state index in [0.717, 1.165) is 49.8 Å². The largest absolute Gasteiger partial charge is 0.360 e. The summed E-state index contributed by atoms with van der Waals surface area (Å²) in [5, 5.41) is 10.2. The minimum atomic E-state index is -0.194. The molecule has 8 nitrogen and oxygen atoms in total. The highest BCUT2D eigenvalue weighted by molar-refractivity contribution is 5.94. The number of aromatic amines is 1. The summed E-state index contributed by atoms with van der Waals surface area (Å²) in [6, 6.07) is 0.0940. The number of piperidine rings is 1. The van der Waals surface area contributed by atoms with Crippen LogP contribution in [0.1, 0.15) is 53.5 Å². The first-order chi connectivity index (χ1) is 11.2. The van der Waals surface area contributed by atoms with Gasteiger partial charge >= 0.3 is 5.69 Å². The van der Waals surface area contributed by atoms with Crippen LogP contribution < -0.4 is 5.69 Å². The second-order valence-electron chi connectivity index (χ2n) is 6.23. The lowest BCUT2D eigenvalue weighted by Gasteiger charge is -2.31. The van der Waals surface area contributed by atoms with E-state index in [1.165, 1.54) is 6.33 Å². The molecule has 4 rings (SSSR count). The zero-order valence-corrected chi connectivity index (χ0v) is 12.8. The maximum atomic E-state index is 12.7. The van der Waals surface area contributed by atoms with E-state index in [9.17, 15) is 9.59 Å². The highest BCUT2D eigenvalue weighted by Gasteiger charge is 2.30. The van der Waals surface area contributed by atoms with Crippen molar-refractivity contribution in [2.45, 2.75) is 44.6 Å². The maximum Gasteiger partial charge on any atom is 0.343 e.